The van der Waals surface area contributed by atoms with Gasteiger partial charge < -0.3 is 10.4 Å². The third kappa shape index (κ3) is 3.83. The summed E-state index contributed by atoms with van der Waals surface area (Å²) in [7, 11) is -3.51. The molecule has 5 nitrogen and oxygen atoms in total. The summed E-state index contributed by atoms with van der Waals surface area (Å²) in [5.41, 5.74) is 1.06. The summed E-state index contributed by atoms with van der Waals surface area (Å²) in [5, 5.41) is 12.6. The molecule has 6 heteroatoms. The van der Waals surface area contributed by atoms with Crippen LogP contribution in [0.3, 0.4) is 0 Å². The van der Waals surface area contributed by atoms with Gasteiger partial charge in [0.15, 0.2) is 0 Å². The van der Waals surface area contributed by atoms with Crippen molar-refractivity contribution in [3.8, 4) is 0 Å². The molecule has 2 rings (SSSR count). The first kappa shape index (κ1) is 16.4. The highest BCUT2D eigenvalue weighted by molar-refractivity contribution is 7.89. The van der Waals surface area contributed by atoms with Gasteiger partial charge in [-0.3, -0.25) is 0 Å². The Hall–Kier alpha value is -0.950. The number of hydrogen-bond acceptors (Lipinski definition) is 4. The van der Waals surface area contributed by atoms with Crippen molar-refractivity contribution in [2.75, 3.05) is 19.7 Å². The molecule has 1 heterocycles. The van der Waals surface area contributed by atoms with Crippen LogP contribution in [0.25, 0.3) is 0 Å². The number of rotatable bonds is 6. The summed E-state index contributed by atoms with van der Waals surface area (Å²) >= 11 is 0. The van der Waals surface area contributed by atoms with Crippen LogP contribution in [0.1, 0.15) is 31.7 Å². The van der Waals surface area contributed by atoms with Gasteiger partial charge in [-0.25, -0.2) is 8.42 Å². The summed E-state index contributed by atoms with van der Waals surface area (Å²) in [5.74, 6) is 0. The number of sulfonamides is 1. The van der Waals surface area contributed by atoms with Crippen LogP contribution in [0.2, 0.25) is 0 Å². The number of nitrogens with zero attached hydrogens (tertiary/aromatic N) is 1. The zero-order valence-corrected chi connectivity index (χ0v) is 13.3. The van der Waals surface area contributed by atoms with E-state index in [1.54, 1.807) is 12.1 Å². The Morgan fingerprint density at radius 2 is 2.00 bits per heavy atom. The fourth-order valence-corrected chi connectivity index (χ4v) is 4.34. The Morgan fingerprint density at radius 1 is 1.29 bits per heavy atom. The van der Waals surface area contributed by atoms with Crippen LogP contribution in [0.5, 0.6) is 0 Å². The Labute approximate surface area is 127 Å². The highest BCUT2D eigenvalue weighted by Gasteiger charge is 2.32. The molecule has 1 unspecified atom stereocenters. The molecule has 1 fully saturated rings. The van der Waals surface area contributed by atoms with Gasteiger partial charge >= 0.3 is 0 Å². The normalized spacial score (nSPS) is 20.6. The first-order chi connectivity index (χ1) is 10.1. The highest BCUT2D eigenvalue weighted by Crippen LogP contribution is 2.25. The second-order valence-corrected chi connectivity index (χ2v) is 7.26. The zero-order valence-electron chi connectivity index (χ0n) is 12.5. The van der Waals surface area contributed by atoms with Crippen LogP contribution < -0.4 is 5.32 Å². The third-order valence-electron chi connectivity index (χ3n) is 3.89. The Balaban J connectivity index is 2.18. The lowest BCUT2D eigenvalue weighted by molar-refractivity contribution is 0.155. The average molecular weight is 312 g/mol. The van der Waals surface area contributed by atoms with Crippen molar-refractivity contribution in [3.63, 3.8) is 0 Å². The monoisotopic (exact) mass is 312 g/mol. The maximum atomic E-state index is 12.7. The standard InChI is InChI=1S/C15H24N2O3S/c1-2-16-11-13-6-8-15(9-7-13)21(19,20)17-10-4-3-5-14(17)12-18/h6-9,14,16,18H,2-5,10-12H2,1H3. The molecular formula is C15H24N2O3S. The molecule has 1 aromatic carbocycles. The minimum Gasteiger partial charge on any atom is -0.395 e. The molecule has 1 aliphatic rings. The average Bonchev–Trinajstić information content (AvgIpc) is 2.53. The molecule has 21 heavy (non-hydrogen) atoms. The van der Waals surface area contributed by atoms with E-state index < -0.39 is 10.0 Å². The summed E-state index contributed by atoms with van der Waals surface area (Å²) in [4.78, 5) is 0.308. The van der Waals surface area contributed by atoms with Crippen molar-refractivity contribution in [1.29, 1.82) is 0 Å². The van der Waals surface area contributed by atoms with Crippen LogP contribution in [0, 0.1) is 0 Å². The maximum absolute atomic E-state index is 12.7. The van der Waals surface area contributed by atoms with Gasteiger partial charge in [-0.2, -0.15) is 4.31 Å². The minimum absolute atomic E-state index is 0.113. The summed E-state index contributed by atoms with van der Waals surface area (Å²) in [6.45, 7) is 4.03. The van der Waals surface area contributed by atoms with Gasteiger partial charge in [0.2, 0.25) is 10.0 Å². The van der Waals surface area contributed by atoms with Crippen LogP contribution in [0.4, 0.5) is 0 Å². The number of nitrogens with one attached hydrogen (secondary N) is 1. The lowest BCUT2D eigenvalue weighted by atomic mass is 10.1. The summed E-state index contributed by atoms with van der Waals surface area (Å²) in [6, 6.07) is 6.71. The van der Waals surface area contributed by atoms with Crippen LogP contribution >= 0.6 is 0 Å². The van der Waals surface area contributed by atoms with Crippen molar-refractivity contribution in [2.24, 2.45) is 0 Å². The third-order valence-corrected chi connectivity index (χ3v) is 5.86. The predicted octanol–water partition coefficient (Wildman–Crippen LogP) is 1.33. The Bertz CT molecular complexity index is 543. The SMILES string of the molecule is CCNCc1ccc(S(=O)(=O)N2CCCCC2CO)cc1. The van der Waals surface area contributed by atoms with E-state index in [1.165, 1.54) is 4.31 Å². The fraction of sp³-hybridized carbons (Fsp3) is 0.600. The number of aliphatic hydroxyl groups is 1. The topological polar surface area (TPSA) is 69.6 Å². The van der Waals surface area contributed by atoms with Gasteiger partial charge in [0.25, 0.3) is 0 Å². The smallest absolute Gasteiger partial charge is 0.243 e. The molecule has 0 amide bonds. The van der Waals surface area contributed by atoms with E-state index in [-0.39, 0.29) is 12.6 Å². The second kappa shape index (κ2) is 7.35. The van der Waals surface area contributed by atoms with Crippen LogP contribution in [-0.4, -0.2) is 43.6 Å². The van der Waals surface area contributed by atoms with Crippen LogP contribution in [-0.2, 0) is 16.6 Å². The van der Waals surface area contributed by atoms with Gasteiger partial charge in [0.1, 0.15) is 0 Å². The molecule has 0 bridgehead atoms. The Morgan fingerprint density at radius 3 is 2.62 bits per heavy atom. The molecule has 0 radical (unpaired) electrons. The van der Waals surface area contributed by atoms with Crippen molar-refractivity contribution in [3.05, 3.63) is 29.8 Å². The molecule has 1 aliphatic heterocycles. The lowest BCUT2D eigenvalue weighted by Crippen LogP contribution is -2.45. The van der Waals surface area contributed by atoms with E-state index in [0.29, 0.717) is 11.4 Å². The first-order valence-electron chi connectivity index (χ1n) is 7.52. The molecule has 0 aromatic heterocycles. The lowest BCUT2D eigenvalue weighted by Gasteiger charge is -2.33. The van der Waals surface area contributed by atoms with E-state index in [2.05, 4.69) is 5.32 Å². The maximum Gasteiger partial charge on any atom is 0.243 e. The van der Waals surface area contributed by atoms with Gasteiger partial charge in [-0.1, -0.05) is 25.5 Å². The molecular weight excluding hydrogens is 288 g/mol. The van der Waals surface area contributed by atoms with Gasteiger partial charge in [-0.05, 0) is 37.1 Å². The summed E-state index contributed by atoms with van der Waals surface area (Å²) in [6.07, 6.45) is 2.56. The fourth-order valence-electron chi connectivity index (χ4n) is 2.66. The van der Waals surface area contributed by atoms with Crippen molar-refractivity contribution < 1.29 is 13.5 Å². The zero-order chi connectivity index (χ0) is 15.3. The minimum atomic E-state index is -3.51. The van der Waals surface area contributed by atoms with E-state index in [0.717, 1.165) is 37.9 Å². The quantitative estimate of drug-likeness (QED) is 0.831. The van der Waals surface area contributed by atoms with Crippen molar-refractivity contribution in [2.45, 2.75) is 43.7 Å². The molecule has 118 valence electrons. The second-order valence-electron chi connectivity index (χ2n) is 5.37. The molecule has 1 aromatic rings. The van der Waals surface area contributed by atoms with Crippen molar-refractivity contribution in [1.82, 2.24) is 9.62 Å². The van der Waals surface area contributed by atoms with Crippen molar-refractivity contribution >= 4 is 10.0 Å². The summed E-state index contributed by atoms with van der Waals surface area (Å²) < 4.78 is 26.8. The van der Waals surface area contributed by atoms with Gasteiger partial charge in [-0.15, -0.1) is 0 Å². The number of piperidine rings is 1. The van der Waals surface area contributed by atoms with Crippen LogP contribution in [0.15, 0.2) is 29.2 Å². The molecule has 0 saturated carbocycles. The van der Waals surface area contributed by atoms with Gasteiger partial charge in [0, 0.05) is 19.1 Å². The molecule has 0 aliphatic carbocycles. The molecule has 2 N–H and O–H groups in total. The number of benzene rings is 1. The predicted molar refractivity (Wildman–Crippen MR) is 82.4 cm³/mol. The largest absolute Gasteiger partial charge is 0.395 e. The van der Waals surface area contributed by atoms with E-state index >= 15 is 0 Å². The number of aliphatic hydroxyl groups excluding tert-OH is 1. The van der Waals surface area contributed by atoms with E-state index in [1.807, 2.05) is 19.1 Å². The molecule has 0 spiro atoms. The molecule has 1 saturated heterocycles. The first-order valence-corrected chi connectivity index (χ1v) is 8.96. The highest BCUT2D eigenvalue weighted by atomic mass is 32.2. The molecule has 1 atom stereocenters. The number of hydrogen-bond donors (Lipinski definition) is 2. The van der Waals surface area contributed by atoms with Gasteiger partial charge in [0.05, 0.1) is 11.5 Å². The Kier molecular flexibility index (Phi) is 5.75. The van der Waals surface area contributed by atoms with E-state index in [4.69, 9.17) is 0 Å². The van der Waals surface area contributed by atoms with E-state index in [9.17, 15) is 13.5 Å².